The third-order valence-electron chi connectivity index (χ3n) is 3.78. The summed E-state index contributed by atoms with van der Waals surface area (Å²) in [5.41, 5.74) is 4.56. The smallest absolute Gasteiger partial charge is 0.229 e. The Morgan fingerprint density at radius 3 is 2.33 bits per heavy atom. The Balaban J connectivity index is 1.88. The second kappa shape index (κ2) is 7.13. The predicted octanol–water partition coefficient (Wildman–Crippen LogP) is 5.00. The van der Waals surface area contributed by atoms with Gasteiger partial charge >= 0.3 is 0 Å². The second-order valence-corrected chi connectivity index (χ2v) is 5.82. The first-order chi connectivity index (χ1) is 11.7. The summed E-state index contributed by atoms with van der Waals surface area (Å²) >= 11 is 0. The van der Waals surface area contributed by atoms with Crippen LogP contribution < -0.4 is 10.2 Å². The summed E-state index contributed by atoms with van der Waals surface area (Å²) < 4.78 is 0. The molecule has 3 rings (SSSR count). The molecule has 0 amide bonds. The molecule has 4 heteroatoms. The number of anilines is 4. The topological polar surface area (TPSA) is 41.1 Å². The van der Waals surface area contributed by atoms with Gasteiger partial charge in [-0.15, -0.1) is 0 Å². The van der Waals surface area contributed by atoms with Crippen molar-refractivity contribution in [2.45, 2.75) is 20.8 Å². The lowest BCUT2D eigenvalue weighted by Gasteiger charge is -2.22. The molecule has 0 aliphatic carbocycles. The van der Waals surface area contributed by atoms with E-state index in [9.17, 15) is 0 Å². The van der Waals surface area contributed by atoms with Crippen LogP contribution in [-0.4, -0.2) is 16.5 Å². The minimum absolute atomic E-state index is 0.604. The van der Waals surface area contributed by atoms with Gasteiger partial charge in [-0.1, -0.05) is 24.3 Å². The molecule has 0 atom stereocenters. The molecule has 4 nitrogen and oxygen atoms in total. The number of rotatable bonds is 5. The Morgan fingerprint density at radius 2 is 1.67 bits per heavy atom. The van der Waals surface area contributed by atoms with Gasteiger partial charge in [0, 0.05) is 24.1 Å². The fourth-order valence-electron chi connectivity index (χ4n) is 2.82. The maximum Gasteiger partial charge on any atom is 0.229 e. The van der Waals surface area contributed by atoms with E-state index in [-0.39, 0.29) is 0 Å². The van der Waals surface area contributed by atoms with Crippen LogP contribution >= 0.6 is 0 Å². The molecule has 1 aromatic heterocycles. The van der Waals surface area contributed by atoms with Crippen LogP contribution in [0.4, 0.5) is 23.1 Å². The molecule has 3 aromatic rings. The maximum absolute atomic E-state index is 4.68. The zero-order chi connectivity index (χ0) is 16.9. The van der Waals surface area contributed by atoms with E-state index < -0.39 is 0 Å². The summed E-state index contributed by atoms with van der Waals surface area (Å²) in [6, 6.07) is 18.5. The lowest BCUT2D eigenvalue weighted by molar-refractivity contribution is 0.979. The van der Waals surface area contributed by atoms with Gasteiger partial charge in [0.25, 0.3) is 0 Å². The Hall–Kier alpha value is -2.88. The molecule has 0 unspecified atom stereocenters. The van der Waals surface area contributed by atoms with Crippen molar-refractivity contribution in [1.82, 2.24) is 9.97 Å². The number of hydrogen-bond donors (Lipinski definition) is 1. The quantitative estimate of drug-likeness (QED) is 0.719. The van der Waals surface area contributed by atoms with E-state index in [1.54, 1.807) is 6.20 Å². The number of hydrogen-bond acceptors (Lipinski definition) is 4. The molecule has 0 saturated heterocycles. The van der Waals surface area contributed by atoms with Crippen molar-refractivity contribution in [1.29, 1.82) is 0 Å². The molecule has 0 radical (unpaired) electrons. The number of aryl methyl sites for hydroxylation is 2. The van der Waals surface area contributed by atoms with E-state index in [1.165, 1.54) is 11.1 Å². The zero-order valence-electron chi connectivity index (χ0n) is 14.3. The lowest BCUT2D eigenvalue weighted by atomic mass is 10.1. The Morgan fingerprint density at radius 1 is 0.958 bits per heavy atom. The minimum Gasteiger partial charge on any atom is -0.327 e. The summed E-state index contributed by atoms with van der Waals surface area (Å²) in [6.07, 6.45) is 1.79. The van der Waals surface area contributed by atoms with Gasteiger partial charge in [0.2, 0.25) is 5.95 Å². The SMILES string of the molecule is CCN(c1ccccc1)c1ccnc(Nc2cc(C)cc(C)c2)n1. The van der Waals surface area contributed by atoms with Crippen LogP contribution in [0.1, 0.15) is 18.1 Å². The molecule has 122 valence electrons. The van der Waals surface area contributed by atoms with Crippen molar-refractivity contribution in [2.24, 2.45) is 0 Å². The highest BCUT2D eigenvalue weighted by atomic mass is 15.2. The van der Waals surface area contributed by atoms with E-state index in [4.69, 9.17) is 0 Å². The van der Waals surface area contributed by atoms with Crippen molar-refractivity contribution in [3.05, 3.63) is 71.9 Å². The van der Waals surface area contributed by atoms with Gasteiger partial charge < -0.3 is 10.2 Å². The normalized spacial score (nSPS) is 10.5. The van der Waals surface area contributed by atoms with Gasteiger partial charge in [0.1, 0.15) is 5.82 Å². The molecule has 0 fully saturated rings. The van der Waals surface area contributed by atoms with Crippen molar-refractivity contribution >= 4 is 23.1 Å². The molecule has 0 saturated carbocycles. The van der Waals surface area contributed by atoms with Crippen LogP contribution in [0.2, 0.25) is 0 Å². The van der Waals surface area contributed by atoms with Crippen molar-refractivity contribution in [3.8, 4) is 0 Å². The summed E-state index contributed by atoms with van der Waals surface area (Å²) in [4.78, 5) is 11.2. The number of para-hydroxylation sites is 1. The molecular weight excluding hydrogens is 296 g/mol. The van der Waals surface area contributed by atoms with Gasteiger partial charge in [-0.05, 0) is 62.2 Å². The molecule has 0 spiro atoms. The van der Waals surface area contributed by atoms with Crippen LogP contribution in [0.5, 0.6) is 0 Å². The number of aromatic nitrogens is 2. The highest BCUT2D eigenvalue weighted by Gasteiger charge is 2.09. The Bertz CT molecular complexity index is 795. The Kier molecular flexibility index (Phi) is 4.75. The lowest BCUT2D eigenvalue weighted by Crippen LogP contribution is -2.17. The minimum atomic E-state index is 0.604. The standard InChI is InChI=1S/C20H22N4/c1-4-24(18-8-6-5-7-9-18)19-10-11-21-20(23-19)22-17-13-15(2)12-16(3)14-17/h5-14H,4H2,1-3H3,(H,21,22,23). The number of benzene rings is 2. The molecule has 24 heavy (non-hydrogen) atoms. The van der Waals surface area contributed by atoms with E-state index in [2.05, 4.69) is 71.3 Å². The van der Waals surface area contributed by atoms with Crippen LogP contribution in [0.25, 0.3) is 0 Å². The van der Waals surface area contributed by atoms with Gasteiger partial charge in [-0.3, -0.25) is 0 Å². The highest BCUT2D eigenvalue weighted by molar-refractivity contribution is 5.62. The fraction of sp³-hybridized carbons (Fsp3) is 0.200. The predicted molar refractivity (Wildman–Crippen MR) is 100 cm³/mol. The first-order valence-corrected chi connectivity index (χ1v) is 8.16. The molecular formula is C20H22N4. The molecule has 1 heterocycles. The summed E-state index contributed by atoms with van der Waals surface area (Å²) in [5.74, 6) is 1.48. The number of nitrogens with zero attached hydrogens (tertiary/aromatic N) is 3. The largest absolute Gasteiger partial charge is 0.327 e. The van der Waals surface area contributed by atoms with E-state index in [0.717, 1.165) is 23.7 Å². The van der Waals surface area contributed by atoms with E-state index in [1.807, 2.05) is 24.3 Å². The first kappa shape index (κ1) is 16.0. The molecule has 0 bridgehead atoms. The molecule has 2 aromatic carbocycles. The van der Waals surface area contributed by atoms with Crippen LogP contribution in [0.3, 0.4) is 0 Å². The van der Waals surface area contributed by atoms with Crippen molar-refractivity contribution < 1.29 is 0 Å². The van der Waals surface area contributed by atoms with E-state index >= 15 is 0 Å². The summed E-state index contributed by atoms with van der Waals surface area (Å²) in [5, 5.41) is 3.31. The summed E-state index contributed by atoms with van der Waals surface area (Å²) in [6.45, 7) is 7.13. The Labute approximate surface area is 143 Å². The monoisotopic (exact) mass is 318 g/mol. The van der Waals surface area contributed by atoms with Crippen LogP contribution in [-0.2, 0) is 0 Å². The van der Waals surface area contributed by atoms with Gasteiger partial charge in [-0.2, -0.15) is 4.98 Å². The summed E-state index contributed by atoms with van der Waals surface area (Å²) in [7, 11) is 0. The second-order valence-electron chi connectivity index (χ2n) is 5.82. The van der Waals surface area contributed by atoms with Gasteiger partial charge in [-0.25, -0.2) is 4.98 Å². The average molecular weight is 318 g/mol. The third-order valence-corrected chi connectivity index (χ3v) is 3.78. The molecule has 0 aliphatic heterocycles. The van der Waals surface area contributed by atoms with Crippen molar-refractivity contribution in [2.75, 3.05) is 16.8 Å². The van der Waals surface area contributed by atoms with Crippen LogP contribution in [0, 0.1) is 13.8 Å². The highest BCUT2D eigenvalue weighted by Crippen LogP contribution is 2.24. The third kappa shape index (κ3) is 3.71. The molecule has 1 N–H and O–H groups in total. The van der Waals surface area contributed by atoms with Crippen molar-refractivity contribution in [3.63, 3.8) is 0 Å². The van der Waals surface area contributed by atoms with E-state index in [0.29, 0.717) is 5.95 Å². The van der Waals surface area contributed by atoms with Crippen LogP contribution in [0.15, 0.2) is 60.8 Å². The average Bonchev–Trinajstić information content (AvgIpc) is 2.56. The zero-order valence-corrected chi connectivity index (χ0v) is 14.3. The number of nitrogens with one attached hydrogen (secondary N) is 1. The maximum atomic E-state index is 4.68. The molecule has 0 aliphatic rings. The van der Waals surface area contributed by atoms with Gasteiger partial charge in [0.15, 0.2) is 0 Å². The fourth-order valence-corrected chi connectivity index (χ4v) is 2.82. The van der Waals surface area contributed by atoms with Gasteiger partial charge in [0.05, 0.1) is 0 Å². The first-order valence-electron chi connectivity index (χ1n) is 8.16.